The Morgan fingerprint density at radius 2 is 1.84 bits per heavy atom. The van der Waals surface area contributed by atoms with Gasteiger partial charge in [-0.25, -0.2) is 0 Å². The number of benzene rings is 1. The summed E-state index contributed by atoms with van der Waals surface area (Å²) in [6.45, 7) is 10.9. The first-order chi connectivity index (χ1) is 8.93. The molecule has 3 heteroatoms. The van der Waals surface area contributed by atoms with Gasteiger partial charge in [-0.2, -0.15) is 0 Å². The summed E-state index contributed by atoms with van der Waals surface area (Å²) in [4.78, 5) is 2.44. The molecule has 0 radical (unpaired) electrons. The van der Waals surface area contributed by atoms with Crippen LogP contribution in [0.25, 0.3) is 0 Å². The van der Waals surface area contributed by atoms with Crippen molar-refractivity contribution >= 4 is 0 Å². The fourth-order valence-corrected chi connectivity index (χ4v) is 2.20. The second-order valence-corrected chi connectivity index (χ2v) is 5.82. The first-order valence-electron chi connectivity index (χ1n) is 7.07. The highest BCUT2D eigenvalue weighted by atomic mass is 16.5. The fourth-order valence-electron chi connectivity index (χ4n) is 2.20. The Bertz CT molecular complexity index is 377. The molecule has 1 aromatic rings. The smallest absolute Gasteiger partial charge is 0.119 e. The lowest BCUT2D eigenvalue weighted by molar-refractivity contribution is 0.186. The minimum absolute atomic E-state index is 0.0243. The van der Waals surface area contributed by atoms with Gasteiger partial charge in [0.25, 0.3) is 0 Å². The lowest BCUT2D eigenvalue weighted by Crippen LogP contribution is -2.39. The zero-order valence-corrected chi connectivity index (χ0v) is 12.9. The molecule has 2 N–H and O–H groups in total. The number of hydrogen-bond acceptors (Lipinski definition) is 3. The highest BCUT2D eigenvalue weighted by Crippen LogP contribution is 2.19. The highest BCUT2D eigenvalue weighted by molar-refractivity contribution is 5.30. The number of methoxy groups -OCH3 is 1. The van der Waals surface area contributed by atoms with Crippen LogP contribution >= 0.6 is 0 Å². The molecule has 0 bridgehead atoms. The molecular weight excluding hydrogens is 236 g/mol. The van der Waals surface area contributed by atoms with Crippen LogP contribution in [0.4, 0.5) is 0 Å². The van der Waals surface area contributed by atoms with Gasteiger partial charge in [0.2, 0.25) is 0 Å². The van der Waals surface area contributed by atoms with Crippen molar-refractivity contribution in [3.63, 3.8) is 0 Å². The van der Waals surface area contributed by atoms with Gasteiger partial charge in [0.1, 0.15) is 5.75 Å². The van der Waals surface area contributed by atoms with Gasteiger partial charge in [-0.15, -0.1) is 0 Å². The van der Waals surface area contributed by atoms with E-state index in [1.165, 1.54) is 0 Å². The zero-order chi connectivity index (χ0) is 14.4. The molecule has 0 fully saturated rings. The molecule has 108 valence electrons. The molecule has 3 nitrogen and oxygen atoms in total. The number of ether oxygens (including phenoxy) is 1. The Labute approximate surface area is 117 Å². The van der Waals surface area contributed by atoms with Crippen molar-refractivity contribution in [3.8, 4) is 5.75 Å². The molecule has 0 spiro atoms. The predicted octanol–water partition coefficient (Wildman–Crippen LogP) is 3.06. The first kappa shape index (κ1) is 16.0. The summed E-state index contributed by atoms with van der Waals surface area (Å²) in [6, 6.07) is 8.58. The Morgan fingerprint density at radius 1 is 1.16 bits per heavy atom. The van der Waals surface area contributed by atoms with E-state index in [4.69, 9.17) is 10.5 Å². The average Bonchev–Trinajstić information content (AvgIpc) is 2.37. The van der Waals surface area contributed by atoms with E-state index in [0.29, 0.717) is 12.0 Å². The minimum Gasteiger partial charge on any atom is -0.497 e. The highest BCUT2D eigenvalue weighted by Gasteiger charge is 2.16. The second kappa shape index (κ2) is 7.51. The largest absolute Gasteiger partial charge is 0.497 e. The van der Waals surface area contributed by atoms with Gasteiger partial charge < -0.3 is 10.5 Å². The van der Waals surface area contributed by atoms with E-state index in [1.807, 2.05) is 18.2 Å². The quantitative estimate of drug-likeness (QED) is 0.822. The Balaban J connectivity index is 2.72. The summed E-state index contributed by atoms with van der Waals surface area (Å²) in [5.41, 5.74) is 7.47. The van der Waals surface area contributed by atoms with Crippen LogP contribution in [0.5, 0.6) is 5.75 Å². The van der Waals surface area contributed by atoms with Crippen molar-refractivity contribution in [2.45, 2.75) is 39.8 Å². The molecule has 1 atom stereocenters. The topological polar surface area (TPSA) is 38.5 Å². The van der Waals surface area contributed by atoms with Crippen molar-refractivity contribution < 1.29 is 4.74 Å². The van der Waals surface area contributed by atoms with Crippen molar-refractivity contribution in [1.82, 2.24) is 4.90 Å². The van der Waals surface area contributed by atoms with Gasteiger partial charge in [0, 0.05) is 25.2 Å². The standard InChI is InChI=1S/C16H28N2O/c1-12(2)10-18(13(3)4)11-16(17)14-7-6-8-15(9-14)19-5/h6-9,12-13,16H,10-11,17H2,1-5H3. The van der Waals surface area contributed by atoms with Gasteiger partial charge in [0.05, 0.1) is 7.11 Å². The number of nitrogens with two attached hydrogens (primary N) is 1. The van der Waals surface area contributed by atoms with Crippen molar-refractivity contribution in [2.75, 3.05) is 20.2 Å². The molecule has 1 aromatic carbocycles. The van der Waals surface area contributed by atoms with Crippen LogP contribution in [0.3, 0.4) is 0 Å². The maximum atomic E-state index is 6.34. The normalized spacial score (nSPS) is 13.3. The van der Waals surface area contributed by atoms with Crippen LogP contribution in [-0.4, -0.2) is 31.1 Å². The van der Waals surface area contributed by atoms with Crippen LogP contribution < -0.4 is 10.5 Å². The number of hydrogen-bond donors (Lipinski definition) is 1. The molecular formula is C16H28N2O. The summed E-state index contributed by atoms with van der Waals surface area (Å²) in [7, 11) is 1.68. The van der Waals surface area contributed by atoms with Crippen LogP contribution in [0.2, 0.25) is 0 Å². The maximum absolute atomic E-state index is 6.34. The van der Waals surface area contributed by atoms with Crippen LogP contribution in [-0.2, 0) is 0 Å². The van der Waals surface area contributed by atoms with E-state index < -0.39 is 0 Å². The molecule has 19 heavy (non-hydrogen) atoms. The van der Waals surface area contributed by atoms with E-state index in [2.05, 4.69) is 38.7 Å². The zero-order valence-electron chi connectivity index (χ0n) is 12.9. The Hall–Kier alpha value is -1.06. The lowest BCUT2D eigenvalue weighted by Gasteiger charge is -2.31. The molecule has 0 saturated heterocycles. The van der Waals surface area contributed by atoms with Gasteiger partial charge in [-0.3, -0.25) is 4.90 Å². The van der Waals surface area contributed by atoms with Crippen molar-refractivity contribution in [3.05, 3.63) is 29.8 Å². The van der Waals surface area contributed by atoms with E-state index in [0.717, 1.165) is 24.4 Å². The molecule has 1 rings (SSSR count). The Morgan fingerprint density at radius 3 is 2.37 bits per heavy atom. The monoisotopic (exact) mass is 264 g/mol. The number of rotatable bonds is 7. The van der Waals surface area contributed by atoms with E-state index in [9.17, 15) is 0 Å². The minimum atomic E-state index is 0.0243. The fraction of sp³-hybridized carbons (Fsp3) is 0.625. The van der Waals surface area contributed by atoms with Crippen LogP contribution in [0.15, 0.2) is 24.3 Å². The predicted molar refractivity (Wildman–Crippen MR) is 81.5 cm³/mol. The van der Waals surface area contributed by atoms with Gasteiger partial charge in [-0.1, -0.05) is 26.0 Å². The van der Waals surface area contributed by atoms with Crippen LogP contribution in [0, 0.1) is 5.92 Å². The summed E-state index contributed by atoms with van der Waals surface area (Å²) in [6.07, 6.45) is 0. The lowest BCUT2D eigenvalue weighted by atomic mass is 10.1. The van der Waals surface area contributed by atoms with E-state index in [1.54, 1.807) is 7.11 Å². The third-order valence-electron chi connectivity index (χ3n) is 3.28. The average molecular weight is 264 g/mol. The molecule has 0 aliphatic heterocycles. The third-order valence-corrected chi connectivity index (χ3v) is 3.28. The van der Waals surface area contributed by atoms with E-state index in [-0.39, 0.29) is 6.04 Å². The summed E-state index contributed by atoms with van der Waals surface area (Å²) >= 11 is 0. The SMILES string of the molecule is COc1cccc(C(N)CN(CC(C)C)C(C)C)c1. The molecule has 0 aliphatic rings. The third kappa shape index (κ3) is 5.21. The summed E-state index contributed by atoms with van der Waals surface area (Å²) in [5.74, 6) is 1.52. The van der Waals surface area contributed by atoms with Crippen molar-refractivity contribution in [1.29, 1.82) is 0 Å². The molecule has 0 heterocycles. The van der Waals surface area contributed by atoms with Crippen LogP contribution in [0.1, 0.15) is 39.3 Å². The maximum Gasteiger partial charge on any atom is 0.119 e. The molecule has 0 aromatic heterocycles. The van der Waals surface area contributed by atoms with Gasteiger partial charge in [0.15, 0.2) is 0 Å². The second-order valence-electron chi connectivity index (χ2n) is 5.82. The van der Waals surface area contributed by atoms with Crippen molar-refractivity contribution in [2.24, 2.45) is 11.7 Å². The summed E-state index contributed by atoms with van der Waals surface area (Å²) in [5, 5.41) is 0. The summed E-state index contributed by atoms with van der Waals surface area (Å²) < 4.78 is 5.25. The molecule has 0 amide bonds. The van der Waals surface area contributed by atoms with Gasteiger partial charge in [-0.05, 0) is 37.5 Å². The number of nitrogens with zero attached hydrogens (tertiary/aromatic N) is 1. The molecule has 0 aliphatic carbocycles. The molecule has 1 unspecified atom stereocenters. The first-order valence-corrected chi connectivity index (χ1v) is 7.07. The Kier molecular flexibility index (Phi) is 6.32. The molecule has 0 saturated carbocycles. The van der Waals surface area contributed by atoms with E-state index >= 15 is 0 Å². The van der Waals surface area contributed by atoms with Gasteiger partial charge >= 0.3 is 0 Å².